The number of amides is 1. The van der Waals surface area contributed by atoms with Crippen LogP contribution in [0.15, 0.2) is 28.6 Å². The Morgan fingerprint density at radius 1 is 1.25 bits per heavy atom. The first-order valence-corrected chi connectivity index (χ1v) is 9.99. The number of carbonyl (C=O) groups is 1. The number of thioether (sulfide) groups is 1. The Labute approximate surface area is 151 Å². The molecule has 2 aromatic rings. The highest BCUT2D eigenvalue weighted by Gasteiger charge is 2.20. The Hall–Kier alpha value is -1.60. The summed E-state index contributed by atoms with van der Waals surface area (Å²) in [6.45, 7) is 6.15. The highest BCUT2D eigenvalue weighted by Crippen LogP contribution is 2.26. The molecule has 7 heteroatoms. The van der Waals surface area contributed by atoms with Crippen LogP contribution >= 0.6 is 23.1 Å². The third-order valence-electron chi connectivity index (χ3n) is 3.34. The van der Waals surface area contributed by atoms with Crippen LogP contribution in [0, 0.1) is 0 Å². The molecule has 1 aromatic carbocycles. The van der Waals surface area contributed by atoms with E-state index in [4.69, 9.17) is 4.74 Å². The van der Waals surface area contributed by atoms with Crippen LogP contribution in [-0.4, -0.2) is 28.0 Å². The smallest absolute Gasteiger partial charge is 0.267 e. The van der Waals surface area contributed by atoms with Gasteiger partial charge in [-0.05, 0) is 37.0 Å². The normalized spacial score (nSPS) is 12.0. The maximum absolute atomic E-state index is 12.4. The molecule has 2 rings (SSSR count). The van der Waals surface area contributed by atoms with E-state index in [2.05, 4.69) is 29.4 Å². The first kappa shape index (κ1) is 18.7. The Bertz CT molecular complexity index is 644. The van der Waals surface area contributed by atoms with Gasteiger partial charge in [-0.15, -0.1) is 10.2 Å². The summed E-state index contributed by atoms with van der Waals surface area (Å²) >= 11 is 3.04. The number of rotatable bonds is 9. The highest BCUT2D eigenvalue weighted by atomic mass is 32.2. The Kier molecular flexibility index (Phi) is 7.52. The summed E-state index contributed by atoms with van der Waals surface area (Å²) in [7, 11) is 0. The number of hydrogen-bond donors (Lipinski definition) is 1. The lowest BCUT2D eigenvalue weighted by molar-refractivity contribution is -0.122. The predicted molar refractivity (Wildman–Crippen MR) is 100 cm³/mol. The van der Waals surface area contributed by atoms with Crippen LogP contribution in [0.3, 0.4) is 0 Å². The first-order valence-electron chi connectivity index (χ1n) is 8.19. The van der Waals surface area contributed by atoms with Crippen molar-refractivity contribution in [1.82, 2.24) is 10.2 Å². The van der Waals surface area contributed by atoms with Gasteiger partial charge in [-0.25, -0.2) is 0 Å². The summed E-state index contributed by atoms with van der Waals surface area (Å²) in [5.74, 6) is 1.50. The number of anilines is 1. The zero-order valence-corrected chi connectivity index (χ0v) is 15.9. The molecule has 0 saturated carbocycles. The van der Waals surface area contributed by atoms with Crippen LogP contribution in [0.4, 0.5) is 5.13 Å². The van der Waals surface area contributed by atoms with Gasteiger partial charge in [0.05, 0.1) is 0 Å². The zero-order chi connectivity index (χ0) is 17.4. The van der Waals surface area contributed by atoms with E-state index in [0.717, 1.165) is 22.9 Å². The number of ether oxygens (including phenoxy) is 1. The second kappa shape index (κ2) is 9.64. The standard InChI is InChI=1S/C17H23N3O2S2/c1-4-11-23-17-20-19-16(24-17)18-15(21)14(6-3)22-13-9-7-12(5-2)8-10-13/h7-10,14H,4-6,11H2,1-3H3,(H,18,19,21)/t14-/m0/s1. The molecule has 5 nitrogen and oxygen atoms in total. The molecule has 24 heavy (non-hydrogen) atoms. The summed E-state index contributed by atoms with van der Waals surface area (Å²) in [5, 5.41) is 11.4. The molecule has 130 valence electrons. The van der Waals surface area contributed by atoms with E-state index in [1.165, 1.54) is 16.9 Å². The molecular weight excluding hydrogens is 342 g/mol. The predicted octanol–water partition coefficient (Wildman–Crippen LogP) is 4.40. The Morgan fingerprint density at radius 2 is 2.00 bits per heavy atom. The van der Waals surface area contributed by atoms with Gasteiger partial charge in [0.15, 0.2) is 10.4 Å². The van der Waals surface area contributed by atoms with Crippen LogP contribution in [0.1, 0.15) is 39.2 Å². The van der Waals surface area contributed by atoms with Crippen LogP contribution in [0.25, 0.3) is 0 Å². The number of aromatic nitrogens is 2. The molecule has 0 aliphatic carbocycles. The minimum Gasteiger partial charge on any atom is -0.481 e. The molecule has 0 aliphatic heterocycles. The van der Waals surface area contributed by atoms with Gasteiger partial charge in [-0.3, -0.25) is 10.1 Å². The Balaban J connectivity index is 1.93. The minimum absolute atomic E-state index is 0.194. The van der Waals surface area contributed by atoms with Gasteiger partial charge in [-0.2, -0.15) is 0 Å². The van der Waals surface area contributed by atoms with Crippen molar-refractivity contribution in [2.24, 2.45) is 0 Å². The van der Waals surface area contributed by atoms with Gasteiger partial charge in [-0.1, -0.05) is 56.0 Å². The van der Waals surface area contributed by atoms with Crippen LogP contribution in [0.2, 0.25) is 0 Å². The summed E-state index contributed by atoms with van der Waals surface area (Å²) in [6.07, 6.45) is 2.09. The second-order valence-electron chi connectivity index (χ2n) is 5.22. The number of nitrogens with one attached hydrogen (secondary N) is 1. The molecule has 1 N–H and O–H groups in total. The molecule has 0 unspecified atom stereocenters. The number of carbonyl (C=O) groups excluding carboxylic acids is 1. The topological polar surface area (TPSA) is 64.1 Å². The largest absolute Gasteiger partial charge is 0.481 e. The number of benzene rings is 1. The van der Waals surface area contributed by atoms with Gasteiger partial charge < -0.3 is 4.74 Å². The SMILES string of the molecule is CCCSc1nnc(NC(=O)[C@H](CC)Oc2ccc(CC)cc2)s1. The zero-order valence-electron chi connectivity index (χ0n) is 14.2. The van der Waals surface area contributed by atoms with Crippen LogP contribution in [-0.2, 0) is 11.2 Å². The first-order chi connectivity index (χ1) is 11.7. The molecule has 0 aliphatic rings. The van der Waals surface area contributed by atoms with E-state index >= 15 is 0 Å². The summed E-state index contributed by atoms with van der Waals surface area (Å²) < 4.78 is 6.68. The molecule has 1 aromatic heterocycles. The molecule has 0 spiro atoms. The maximum atomic E-state index is 12.4. The lowest BCUT2D eigenvalue weighted by Gasteiger charge is -2.16. The quantitative estimate of drug-likeness (QED) is 0.527. The molecular formula is C17H23N3O2S2. The fourth-order valence-corrected chi connectivity index (χ4v) is 3.66. The minimum atomic E-state index is -0.548. The van der Waals surface area contributed by atoms with Gasteiger partial charge in [0.25, 0.3) is 5.91 Å². The summed E-state index contributed by atoms with van der Waals surface area (Å²) in [5.41, 5.74) is 1.24. The average molecular weight is 366 g/mol. The van der Waals surface area contributed by atoms with Crippen molar-refractivity contribution in [1.29, 1.82) is 0 Å². The number of nitrogens with zero attached hydrogens (tertiary/aromatic N) is 2. The van der Waals surface area contributed by atoms with Crippen molar-refractivity contribution < 1.29 is 9.53 Å². The fourth-order valence-electron chi connectivity index (χ4n) is 1.98. The lowest BCUT2D eigenvalue weighted by Crippen LogP contribution is -2.32. The second-order valence-corrected chi connectivity index (χ2v) is 7.54. The van der Waals surface area contributed by atoms with Gasteiger partial charge in [0, 0.05) is 5.75 Å². The van der Waals surface area contributed by atoms with Gasteiger partial charge >= 0.3 is 0 Å². The summed E-state index contributed by atoms with van der Waals surface area (Å²) in [4.78, 5) is 12.4. The molecule has 1 amide bonds. The lowest BCUT2D eigenvalue weighted by atomic mass is 10.2. The van der Waals surface area contributed by atoms with Gasteiger partial charge in [0.2, 0.25) is 5.13 Å². The molecule has 0 bridgehead atoms. The Morgan fingerprint density at radius 3 is 2.62 bits per heavy atom. The van der Waals surface area contributed by atoms with Crippen LogP contribution in [0.5, 0.6) is 5.75 Å². The van der Waals surface area contributed by atoms with E-state index in [1.807, 2.05) is 31.2 Å². The molecule has 1 heterocycles. The van der Waals surface area contributed by atoms with Crippen molar-refractivity contribution in [3.05, 3.63) is 29.8 Å². The highest BCUT2D eigenvalue weighted by molar-refractivity contribution is 8.01. The van der Waals surface area contributed by atoms with E-state index in [-0.39, 0.29) is 5.91 Å². The van der Waals surface area contributed by atoms with Crippen LogP contribution < -0.4 is 10.1 Å². The third-order valence-corrected chi connectivity index (χ3v) is 5.52. The molecule has 1 atom stereocenters. The molecule has 0 saturated heterocycles. The van der Waals surface area contributed by atoms with Crippen molar-refractivity contribution in [2.45, 2.75) is 50.5 Å². The van der Waals surface area contributed by atoms with E-state index < -0.39 is 6.10 Å². The van der Waals surface area contributed by atoms with Crippen molar-refractivity contribution in [3.8, 4) is 5.75 Å². The van der Waals surface area contributed by atoms with Crippen molar-refractivity contribution >= 4 is 34.1 Å². The maximum Gasteiger partial charge on any atom is 0.267 e. The molecule has 0 radical (unpaired) electrons. The van der Waals surface area contributed by atoms with E-state index in [9.17, 15) is 4.79 Å². The monoisotopic (exact) mass is 365 g/mol. The summed E-state index contributed by atoms with van der Waals surface area (Å²) in [6, 6.07) is 7.84. The number of aryl methyl sites for hydroxylation is 1. The van der Waals surface area contributed by atoms with Gasteiger partial charge in [0.1, 0.15) is 5.75 Å². The molecule has 0 fully saturated rings. The third kappa shape index (κ3) is 5.49. The fraction of sp³-hybridized carbons (Fsp3) is 0.471. The van der Waals surface area contributed by atoms with Crippen molar-refractivity contribution in [2.75, 3.05) is 11.1 Å². The number of hydrogen-bond acceptors (Lipinski definition) is 6. The van der Waals surface area contributed by atoms with Crippen molar-refractivity contribution in [3.63, 3.8) is 0 Å². The van der Waals surface area contributed by atoms with E-state index in [0.29, 0.717) is 17.3 Å². The average Bonchev–Trinajstić information content (AvgIpc) is 3.05. The van der Waals surface area contributed by atoms with E-state index in [1.54, 1.807) is 11.8 Å².